The van der Waals surface area contributed by atoms with E-state index in [-0.39, 0.29) is 5.60 Å². The third-order valence-corrected chi connectivity index (χ3v) is 3.47. The van der Waals surface area contributed by atoms with Crippen LogP contribution in [0.4, 0.5) is 0 Å². The first-order valence-corrected chi connectivity index (χ1v) is 6.35. The maximum absolute atomic E-state index is 5.96. The first kappa shape index (κ1) is 13.0. The zero-order valence-corrected chi connectivity index (χ0v) is 11.0. The van der Waals surface area contributed by atoms with Crippen LogP contribution < -0.4 is 5.73 Å². The highest BCUT2D eigenvalue weighted by atomic mass is 16.5. The van der Waals surface area contributed by atoms with Crippen molar-refractivity contribution in [3.63, 3.8) is 0 Å². The van der Waals surface area contributed by atoms with E-state index >= 15 is 0 Å². The predicted octanol–water partition coefficient (Wildman–Crippen LogP) is 2.88. The van der Waals surface area contributed by atoms with Crippen molar-refractivity contribution in [1.82, 2.24) is 4.98 Å². The van der Waals surface area contributed by atoms with Crippen LogP contribution in [0.15, 0.2) is 36.5 Å². The van der Waals surface area contributed by atoms with Crippen LogP contribution >= 0.6 is 0 Å². The van der Waals surface area contributed by atoms with Crippen molar-refractivity contribution in [2.24, 2.45) is 5.73 Å². The fraction of sp³-hybridized carbons (Fsp3) is 0.400. The number of ether oxygens (including phenoxy) is 1. The van der Waals surface area contributed by atoms with Crippen molar-refractivity contribution in [3.05, 3.63) is 42.1 Å². The van der Waals surface area contributed by atoms with E-state index in [1.807, 2.05) is 25.3 Å². The van der Waals surface area contributed by atoms with E-state index < -0.39 is 0 Å². The van der Waals surface area contributed by atoms with E-state index in [0.29, 0.717) is 13.2 Å². The highest BCUT2D eigenvalue weighted by molar-refractivity contribution is 5.81. The molecule has 1 aromatic carbocycles. The first-order chi connectivity index (χ1) is 8.68. The molecule has 0 aliphatic rings. The Bertz CT molecular complexity index is 515. The maximum atomic E-state index is 5.96. The van der Waals surface area contributed by atoms with Gasteiger partial charge in [-0.3, -0.25) is 4.98 Å². The molecular weight excluding hydrogens is 224 g/mol. The van der Waals surface area contributed by atoms with Crippen LogP contribution in [0.2, 0.25) is 0 Å². The van der Waals surface area contributed by atoms with Crippen molar-refractivity contribution in [1.29, 1.82) is 0 Å². The Kier molecular flexibility index (Phi) is 3.94. The number of hydrogen-bond donors (Lipinski definition) is 1. The minimum absolute atomic E-state index is 0.253. The van der Waals surface area contributed by atoms with Crippen molar-refractivity contribution in [3.8, 4) is 0 Å². The van der Waals surface area contributed by atoms with Gasteiger partial charge < -0.3 is 10.5 Å². The molecule has 1 aromatic heterocycles. The number of rotatable bonds is 5. The Labute approximate surface area is 108 Å². The summed E-state index contributed by atoms with van der Waals surface area (Å²) in [4.78, 5) is 4.42. The highest BCUT2D eigenvalue weighted by Crippen LogP contribution is 2.20. The predicted molar refractivity (Wildman–Crippen MR) is 74.3 cm³/mol. The van der Waals surface area contributed by atoms with Gasteiger partial charge in [0.15, 0.2) is 0 Å². The summed E-state index contributed by atoms with van der Waals surface area (Å²) in [5.41, 5.74) is 7.62. The number of nitrogens with zero attached hydrogens (tertiary/aromatic N) is 1. The molecule has 0 bridgehead atoms. The zero-order valence-electron chi connectivity index (χ0n) is 11.0. The number of fused-ring (bicyclic) bond motifs is 1. The summed E-state index contributed by atoms with van der Waals surface area (Å²) in [7, 11) is 0. The van der Waals surface area contributed by atoms with Crippen molar-refractivity contribution < 1.29 is 4.74 Å². The first-order valence-electron chi connectivity index (χ1n) is 6.35. The fourth-order valence-electron chi connectivity index (χ4n) is 1.84. The molecule has 0 amide bonds. The molecule has 2 N–H and O–H groups in total. The number of para-hydroxylation sites is 1. The fourth-order valence-corrected chi connectivity index (χ4v) is 1.84. The highest BCUT2D eigenvalue weighted by Gasteiger charge is 2.20. The Morgan fingerprint density at radius 2 is 2.06 bits per heavy atom. The largest absolute Gasteiger partial charge is 0.369 e. The van der Waals surface area contributed by atoms with Gasteiger partial charge >= 0.3 is 0 Å². The van der Waals surface area contributed by atoms with E-state index in [2.05, 4.69) is 30.1 Å². The molecule has 0 saturated heterocycles. The van der Waals surface area contributed by atoms with Crippen LogP contribution in [-0.2, 0) is 11.3 Å². The molecule has 2 aromatic rings. The zero-order chi connectivity index (χ0) is 13.0. The van der Waals surface area contributed by atoms with Gasteiger partial charge in [-0.05, 0) is 19.4 Å². The lowest BCUT2D eigenvalue weighted by Gasteiger charge is -2.27. The van der Waals surface area contributed by atoms with Gasteiger partial charge in [0.2, 0.25) is 0 Å². The van der Waals surface area contributed by atoms with E-state index in [1.165, 1.54) is 0 Å². The van der Waals surface area contributed by atoms with E-state index in [4.69, 9.17) is 10.5 Å². The van der Waals surface area contributed by atoms with Gasteiger partial charge in [0.05, 0.1) is 17.7 Å². The topological polar surface area (TPSA) is 48.1 Å². The smallest absolute Gasteiger partial charge is 0.0778 e. The summed E-state index contributed by atoms with van der Waals surface area (Å²) in [6, 6.07) is 10.2. The summed E-state index contributed by atoms with van der Waals surface area (Å²) in [5, 5.41) is 1.14. The summed E-state index contributed by atoms with van der Waals surface area (Å²) in [5.74, 6) is 0. The Morgan fingerprint density at radius 1 is 1.28 bits per heavy atom. The molecule has 0 spiro atoms. The maximum Gasteiger partial charge on any atom is 0.0778 e. The van der Waals surface area contributed by atoms with Gasteiger partial charge in [0.1, 0.15) is 0 Å². The number of nitrogens with two attached hydrogens (primary N) is 1. The summed E-state index contributed by atoms with van der Waals surface area (Å²) in [6.07, 6.45) is 2.72. The average Bonchev–Trinajstić information content (AvgIpc) is 2.44. The van der Waals surface area contributed by atoms with Crippen LogP contribution in [0.5, 0.6) is 0 Å². The molecule has 1 unspecified atom stereocenters. The lowest BCUT2D eigenvalue weighted by Crippen LogP contribution is -2.36. The van der Waals surface area contributed by atoms with E-state index in [0.717, 1.165) is 22.9 Å². The van der Waals surface area contributed by atoms with Gasteiger partial charge in [0.25, 0.3) is 0 Å². The van der Waals surface area contributed by atoms with Crippen molar-refractivity contribution in [2.45, 2.75) is 32.5 Å². The molecule has 0 radical (unpaired) electrons. The third kappa shape index (κ3) is 2.68. The molecule has 1 atom stereocenters. The molecule has 18 heavy (non-hydrogen) atoms. The lowest BCUT2D eigenvalue weighted by atomic mass is 10.0. The monoisotopic (exact) mass is 244 g/mol. The van der Waals surface area contributed by atoms with Crippen LogP contribution in [-0.4, -0.2) is 17.1 Å². The number of hydrogen-bond acceptors (Lipinski definition) is 3. The summed E-state index contributed by atoms with van der Waals surface area (Å²) >= 11 is 0. The average molecular weight is 244 g/mol. The summed E-state index contributed by atoms with van der Waals surface area (Å²) in [6.45, 7) is 5.22. The van der Waals surface area contributed by atoms with Crippen LogP contribution in [0.1, 0.15) is 25.8 Å². The molecule has 0 saturated carbocycles. The second kappa shape index (κ2) is 5.46. The van der Waals surface area contributed by atoms with Gasteiger partial charge in [-0.2, -0.15) is 0 Å². The minimum atomic E-state index is -0.253. The second-order valence-electron chi connectivity index (χ2n) is 4.79. The molecule has 3 heteroatoms. The standard InChI is InChI=1S/C15H20N2O/c1-3-15(2,11-16)18-10-13-7-4-6-12-8-5-9-17-14(12)13/h4-9H,3,10-11,16H2,1-2H3. The Balaban J connectivity index is 2.22. The van der Waals surface area contributed by atoms with E-state index in [9.17, 15) is 0 Å². The van der Waals surface area contributed by atoms with Gasteiger partial charge in [0, 0.05) is 23.7 Å². The SMILES string of the molecule is CCC(C)(CN)OCc1cccc2cccnc12. The molecule has 2 rings (SSSR count). The third-order valence-electron chi connectivity index (χ3n) is 3.47. The minimum Gasteiger partial charge on any atom is -0.369 e. The second-order valence-corrected chi connectivity index (χ2v) is 4.79. The molecule has 0 fully saturated rings. The molecule has 0 aliphatic heterocycles. The molecule has 96 valence electrons. The van der Waals surface area contributed by atoms with Gasteiger partial charge in [-0.15, -0.1) is 0 Å². The van der Waals surface area contributed by atoms with Crippen molar-refractivity contribution >= 4 is 10.9 Å². The summed E-state index contributed by atoms with van der Waals surface area (Å²) < 4.78 is 5.96. The van der Waals surface area contributed by atoms with Gasteiger partial charge in [-0.25, -0.2) is 0 Å². The Hall–Kier alpha value is -1.45. The molecule has 3 nitrogen and oxygen atoms in total. The molecule has 0 aliphatic carbocycles. The number of aromatic nitrogens is 1. The number of pyridine rings is 1. The Morgan fingerprint density at radius 3 is 2.78 bits per heavy atom. The van der Waals surface area contributed by atoms with Gasteiger partial charge in [-0.1, -0.05) is 31.2 Å². The molecule has 1 heterocycles. The number of benzene rings is 1. The lowest BCUT2D eigenvalue weighted by molar-refractivity contribution is -0.0383. The van der Waals surface area contributed by atoms with E-state index in [1.54, 1.807) is 0 Å². The normalized spacial score (nSPS) is 14.6. The van der Waals surface area contributed by atoms with Crippen LogP contribution in [0.25, 0.3) is 10.9 Å². The van der Waals surface area contributed by atoms with Crippen molar-refractivity contribution in [2.75, 3.05) is 6.54 Å². The quantitative estimate of drug-likeness (QED) is 0.879. The van der Waals surface area contributed by atoms with Crippen LogP contribution in [0, 0.1) is 0 Å². The van der Waals surface area contributed by atoms with Crippen LogP contribution in [0.3, 0.4) is 0 Å². The molecular formula is C15H20N2O.